The van der Waals surface area contributed by atoms with Crippen molar-refractivity contribution in [1.29, 1.82) is 0 Å². The van der Waals surface area contributed by atoms with E-state index in [-0.39, 0.29) is 24.0 Å². The summed E-state index contributed by atoms with van der Waals surface area (Å²) in [6.07, 6.45) is 3.31. The number of aliphatic hydroxyl groups is 3. The summed E-state index contributed by atoms with van der Waals surface area (Å²) in [5.41, 5.74) is -0.889. The second kappa shape index (κ2) is 8.78. The monoisotopic (exact) mass is 502 g/mol. The van der Waals surface area contributed by atoms with Gasteiger partial charge in [0.1, 0.15) is 0 Å². The molecule has 0 bridgehead atoms. The number of Topliss-reactive ketones (excluding diaryl/α,β-unsaturated/α-hetero) is 1. The number of carboxylic acids is 1. The van der Waals surface area contributed by atoms with Crippen molar-refractivity contribution in [2.75, 3.05) is 0 Å². The van der Waals surface area contributed by atoms with Crippen LogP contribution in [0.3, 0.4) is 0 Å². The van der Waals surface area contributed by atoms with E-state index in [1.165, 1.54) is 12.5 Å². The van der Waals surface area contributed by atoms with Crippen LogP contribution in [0.15, 0.2) is 22.8 Å². The Kier molecular flexibility index (Phi) is 6.71. The molecule has 202 valence electrons. The molecular weight excluding hydrogens is 456 g/mol. The molecule has 6 nitrogen and oxygen atoms in total. The van der Waals surface area contributed by atoms with E-state index in [2.05, 4.69) is 40.7 Å². The molecule has 0 unspecified atom stereocenters. The van der Waals surface area contributed by atoms with Gasteiger partial charge in [0, 0.05) is 29.2 Å². The summed E-state index contributed by atoms with van der Waals surface area (Å²) in [5.74, 6) is -1.28. The molecular formula is C30H46O6. The van der Waals surface area contributed by atoms with Crippen molar-refractivity contribution in [2.45, 2.75) is 112 Å². The van der Waals surface area contributed by atoms with Crippen LogP contribution in [0.1, 0.15) is 93.4 Å². The summed E-state index contributed by atoms with van der Waals surface area (Å²) >= 11 is 0. The average molecular weight is 503 g/mol. The molecule has 0 aliphatic heterocycles. The Bertz CT molecular complexity index is 1010. The van der Waals surface area contributed by atoms with Gasteiger partial charge in [-0.1, -0.05) is 39.3 Å². The van der Waals surface area contributed by atoms with E-state index in [0.29, 0.717) is 29.4 Å². The predicted octanol–water partition coefficient (Wildman–Crippen LogP) is 4.66. The van der Waals surface area contributed by atoms with E-state index < -0.39 is 46.4 Å². The second-order valence-corrected chi connectivity index (χ2v) is 13.6. The smallest absolute Gasteiger partial charge is 0.312 e. The highest BCUT2D eigenvalue weighted by Gasteiger charge is 2.70. The van der Waals surface area contributed by atoms with Crippen LogP contribution in [0, 0.1) is 39.4 Å². The third-order valence-corrected chi connectivity index (χ3v) is 11.7. The van der Waals surface area contributed by atoms with Crippen LogP contribution in [0.2, 0.25) is 0 Å². The molecule has 36 heavy (non-hydrogen) atoms. The van der Waals surface area contributed by atoms with Crippen LogP contribution >= 0.6 is 0 Å². The number of carboxylic acid groups (broad SMARTS) is 1. The van der Waals surface area contributed by atoms with Gasteiger partial charge < -0.3 is 20.4 Å². The molecule has 10 atom stereocenters. The van der Waals surface area contributed by atoms with E-state index in [4.69, 9.17) is 0 Å². The number of rotatable bonds is 5. The second-order valence-electron chi connectivity index (χ2n) is 13.6. The molecule has 4 rings (SSSR count). The molecule has 0 amide bonds. The number of carbonyl (C=O) groups is 2. The molecule has 2 saturated carbocycles. The lowest BCUT2D eigenvalue weighted by molar-refractivity contribution is -0.194. The van der Waals surface area contributed by atoms with Crippen LogP contribution in [-0.2, 0) is 9.59 Å². The van der Waals surface area contributed by atoms with Crippen LogP contribution in [0.5, 0.6) is 0 Å². The lowest BCUT2D eigenvalue weighted by Gasteiger charge is -2.63. The minimum atomic E-state index is -1.58. The first-order chi connectivity index (χ1) is 16.6. The van der Waals surface area contributed by atoms with E-state index >= 15 is 0 Å². The zero-order valence-electron chi connectivity index (χ0n) is 23.1. The van der Waals surface area contributed by atoms with Gasteiger partial charge in [-0.15, -0.1) is 0 Å². The molecule has 6 heteroatoms. The first kappa shape index (κ1) is 27.5. The van der Waals surface area contributed by atoms with Crippen LogP contribution in [-0.4, -0.2) is 50.5 Å². The molecule has 0 spiro atoms. The normalized spacial score (nSPS) is 47.1. The summed E-state index contributed by atoms with van der Waals surface area (Å²) in [6.45, 7) is 14.2. The van der Waals surface area contributed by atoms with Crippen molar-refractivity contribution in [1.82, 2.24) is 0 Å². The van der Waals surface area contributed by atoms with Crippen molar-refractivity contribution in [2.24, 2.45) is 39.4 Å². The van der Waals surface area contributed by atoms with E-state index in [9.17, 15) is 30.0 Å². The van der Waals surface area contributed by atoms with Gasteiger partial charge in [-0.2, -0.15) is 0 Å². The first-order valence-electron chi connectivity index (χ1n) is 13.8. The highest BCUT2D eigenvalue weighted by molar-refractivity contribution is 6.00. The number of fused-ring (bicyclic) bond motifs is 4. The minimum Gasteiger partial charge on any atom is -0.481 e. The zero-order chi connectivity index (χ0) is 27.0. The van der Waals surface area contributed by atoms with Crippen molar-refractivity contribution in [3.05, 3.63) is 22.8 Å². The predicted molar refractivity (Wildman–Crippen MR) is 138 cm³/mol. The van der Waals surface area contributed by atoms with Crippen molar-refractivity contribution in [3.63, 3.8) is 0 Å². The maximum atomic E-state index is 14.0. The van der Waals surface area contributed by atoms with E-state index in [1.54, 1.807) is 0 Å². The Labute approximate surface area is 215 Å². The summed E-state index contributed by atoms with van der Waals surface area (Å²) in [5, 5.41) is 44.0. The number of ketones is 1. The molecule has 4 N–H and O–H groups in total. The Balaban J connectivity index is 1.82. The van der Waals surface area contributed by atoms with Gasteiger partial charge in [0.2, 0.25) is 0 Å². The standard InChI is InChI=1S/C30H46O6/c1-16(2)9-8-10-17(3)18-11-12-27(4)24-19(31)13-21-29(6,25(24)20(32)15-28(18,27)5)22(33)14-23(34)30(21,7)26(35)36/h9,17-18,20-23,32-34H,8,10-15H2,1-7H3,(H,35,36)/t17-,18-,20-,21-,22-,23+,27+,28-,29-,30-/m1/s1. The van der Waals surface area contributed by atoms with Gasteiger partial charge in [-0.05, 0) is 81.6 Å². The fourth-order valence-electron chi connectivity index (χ4n) is 9.21. The summed E-state index contributed by atoms with van der Waals surface area (Å²) in [6, 6.07) is 0. The third-order valence-electron chi connectivity index (χ3n) is 11.7. The average Bonchev–Trinajstić information content (AvgIpc) is 3.04. The molecule has 0 saturated heterocycles. The first-order valence-corrected chi connectivity index (χ1v) is 13.8. The number of aliphatic hydroxyl groups excluding tert-OH is 3. The summed E-state index contributed by atoms with van der Waals surface area (Å²) in [7, 11) is 0. The van der Waals surface area contributed by atoms with Crippen molar-refractivity contribution in [3.8, 4) is 0 Å². The van der Waals surface area contributed by atoms with Gasteiger partial charge in [0.15, 0.2) is 5.78 Å². The van der Waals surface area contributed by atoms with Gasteiger partial charge >= 0.3 is 5.97 Å². The summed E-state index contributed by atoms with van der Waals surface area (Å²) in [4.78, 5) is 26.4. The molecule has 0 aromatic carbocycles. The number of hydrogen-bond donors (Lipinski definition) is 4. The van der Waals surface area contributed by atoms with Gasteiger partial charge in [0.05, 0.1) is 23.7 Å². The number of aliphatic carboxylic acids is 1. The van der Waals surface area contributed by atoms with Crippen LogP contribution in [0.4, 0.5) is 0 Å². The molecule has 0 radical (unpaired) electrons. The highest BCUT2D eigenvalue weighted by Crippen LogP contribution is 2.71. The van der Waals surface area contributed by atoms with E-state index in [1.807, 2.05) is 6.92 Å². The molecule has 0 aromatic rings. The highest BCUT2D eigenvalue weighted by atomic mass is 16.4. The Morgan fingerprint density at radius 1 is 1.11 bits per heavy atom. The Morgan fingerprint density at radius 3 is 2.33 bits per heavy atom. The van der Waals surface area contributed by atoms with Gasteiger partial charge in [-0.25, -0.2) is 0 Å². The molecule has 0 heterocycles. The molecule has 4 aliphatic carbocycles. The molecule has 0 aromatic heterocycles. The van der Waals surface area contributed by atoms with Gasteiger partial charge in [-0.3, -0.25) is 9.59 Å². The minimum absolute atomic E-state index is 0.0363. The molecule has 4 aliphatic rings. The zero-order valence-corrected chi connectivity index (χ0v) is 23.1. The number of carbonyl (C=O) groups excluding carboxylic acids is 1. The maximum absolute atomic E-state index is 14.0. The molecule has 2 fully saturated rings. The Hall–Kier alpha value is -1.50. The van der Waals surface area contributed by atoms with Gasteiger partial charge in [0.25, 0.3) is 0 Å². The van der Waals surface area contributed by atoms with Crippen LogP contribution < -0.4 is 0 Å². The fourth-order valence-corrected chi connectivity index (χ4v) is 9.21. The quantitative estimate of drug-likeness (QED) is 0.406. The fraction of sp³-hybridized carbons (Fsp3) is 0.800. The van der Waals surface area contributed by atoms with Crippen molar-refractivity contribution < 1.29 is 30.0 Å². The number of hydrogen-bond acceptors (Lipinski definition) is 5. The van der Waals surface area contributed by atoms with Crippen LogP contribution in [0.25, 0.3) is 0 Å². The lowest BCUT2D eigenvalue weighted by atomic mass is 9.41. The lowest BCUT2D eigenvalue weighted by Crippen LogP contribution is -2.66. The summed E-state index contributed by atoms with van der Waals surface area (Å²) < 4.78 is 0. The largest absolute Gasteiger partial charge is 0.481 e. The topological polar surface area (TPSA) is 115 Å². The van der Waals surface area contributed by atoms with E-state index in [0.717, 1.165) is 25.7 Å². The maximum Gasteiger partial charge on any atom is 0.312 e. The number of allylic oxidation sites excluding steroid dienone is 3. The van der Waals surface area contributed by atoms with Crippen molar-refractivity contribution >= 4 is 11.8 Å². The Morgan fingerprint density at radius 2 is 1.75 bits per heavy atom. The SMILES string of the molecule is CC(C)=CCC[C@@H](C)[C@H]1CC[C@@]2(C)C3=C([C@H](O)C[C@]12C)[C@]1(C)[C@@H](CC3=O)[C@@](C)(C(=O)O)[C@@H](O)C[C@H]1O. The third kappa shape index (κ3) is 3.46.